The maximum Gasteiger partial charge on any atom is 0.187 e. The molecule has 0 radical (unpaired) electrons. The Morgan fingerprint density at radius 3 is 2.04 bits per heavy atom. The number of rotatable bonds is 2. The monoisotopic (exact) mass is 358 g/mol. The van der Waals surface area contributed by atoms with Gasteiger partial charge in [0.15, 0.2) is 11.5 Å². The molecule has 1 heterocycles. The van der Waals surface area contributed by atoms with E-state index in [0.717, 1.165) is 17.1 Å². The third kappa shape index (κ3) is 3.64. The third-order valence-corrected chi connectivity index (χ3v) is 4.65. The Labute approximate surface area is 161 Å². The summed E-state index contributed by atoms with van der Waals surface area (Å²) in [5.41, 5.74) is 4.94. The van der Waals surface area contributed by atoms with Crippen molar-refractivity contribution in [3.63, 3.8) is 0 Å². The van der Waals surface area contributed by atoms with Gasteiger partial charge in [0.2, 0.25) is 0 Å². The minimum Gasteiger partial charge on any atom is -0.238 e. The van der Waals surface area contributed by atoms with Crippen molar-refractivity contribution in [1.29, 1.82) is 0 Å². The zero-order chi connectivity index (χ0) is 19.8. The highest BCUT2D eigenvalue weighted by Gasteiger charge is 2.28. The van der Waals surface area contributed by atoms with Gasteiger partial charge in [-0.1, -0.05) is 77.9 Å². The van der Waals surface area contributed by atoms with Crippen molar-refractivity contribution < 1.29 is 0 Å². The average Bonchev–Trinajstić information content (AvgIpc) is 3.09. The maximum absolute atomic E-state index is 7.30. The highest BCUT2D eigenvalue weighted by atomic mass is 15.3. The van der Waals surface area contributed by atoms with Crippen molar-refractivity contribution in [3.8, 4) is 17.1 Å². The van der Waals surface area contributed by atoms with Crippen molar-refractivity contribution in [2.45, 2.75) is 52.4 Å². The van der Waals surface area contributed by atoms with E-state index in [1.165, 1.54) is 11.1 Å². The molecule has 0 aliphatic rings. The molecule has 0 aliphatic heterocycles. The summed E-state index contributed by atoms with van der Waals surface area (Å²) in [5, 5.41) is 4.59. The highest BCUT2D eigenvalue weighted by molar-refractivity contribution is 5.66. The fourth-order valence-electron chi connectivity index (χ4n) is 3.30. The molecule has 0 fully saturated rings. The second-order valence-electron chi connectivity index (χ2n) is 8.86. The van der Waals surface area contributed by atoms with Gasteiger partial charge < -0.3 is 0 Å². The van der Waals surface area contributed by atoms with Gasteiger partial charge in [-0.25, -0.2) is 14.5 Å². The van der Waals surface area contributed by atoms with Crippen molar-refractivity contribution in [3.05, 3.63) is 71.3 Å². The molecule has 3 aromatic rings. The van der Waals surface area contributed by atoms with Crippen molar-refractivity contribution >= 4 is 5.69 Å². The van der Waals surface area contributed by atoms with Crippen LogP contribution in [0.5, 0.6) is 0 Å². The molecule has 4 nitrogen and oxygen atoms in total. The summed E-state index contributed by atoms with van der Waals surface area (Å²) in [6.45, 7) is 20.6. The first-order chi connectivity index (χ1) is 12.6. The van der Waals surface area contributed by atoms with Crippen LogP contribution >= 0.6 is 0 Å². The van der Waals surface area contributed by atoms with Crippen LogP contribution in [0.15, 0.2) is 48.8 Å². The fourth-order valence-corrected chi connectivity index (χ4v) is 3.30. The normalized spacial score (nSPS) is 12.0. The molecule has 0 amide bonds. The Hall–Kier alpha value is -2.93. The summed E-state index contributed by atoms with van der Waals surface area (Å²) >= 11 is 0. The molecule has 0 bridgehead atoms. The second-order valence-corrected chi connectivity index (χ2v) is 8.86. The van der Waals surface area contributed by atoms with Crippen LogP contribution in [-0.2, 0) is 10.8 Å². The van der Waals surface area contributed by atoms with Gasteiger partial charge in [-0.15, -0.1) is 0 Å². The second kappa shape index (κ2) is 6.66. The molecule has 27 heavy (non-hydrogen) atoms. The van der Waals surface area contributed by atoms with Crippen LogP contribution in [0.4, 0.5) is 5.69 Å². The van der Waals surface area contributed by atoms with E-state index in [2.05, 4.69) is 74.7 Å². The van der Waals surface area contributed by atoms with Crippen LogP contribution in [0.2, 0.25) is 0 Å². The van der Waals surface area contributed by atoms with E-state index >= 15 is 0 Å². The van der Waals surface area contributed by atoms with E-state index in [1.54, 1.807) is 12.4 Å². The summed E-state index contributed by atoms with van der Waals surface area (Å²) in [6.07, 6.45) is 1.59. The Morgan fingerprint density at radius 2 is 1.48 bits per heavy atom. The van der Waals surface area contributed by atoms with E-state index in [1.807, 2.05) is 22.9 Å². The van der Waals surface area contributed by atoms with Gasteiger partial charge >= 0.3 is 0 Å². The lowest BCUT2D eigenvalue weighted by Crippen LogP contribution is -2.22. The van der Waals surface area contributed by atoms with Gasteiger partial charge in [0.05, 0.1) is 12.3 Å². The van der Waals surface area contributed by atoms with Gasteiger partial charge in [0.25, 0.3) is 0 Å². The molecule has 138 valence electrons. The summed E-state index contributed by atoms with van der Waals surface area (Å²) in [7, 11) is 0. The lowest BCUT2D eigenvalue weighted by molar-refractivity contribution is 0.557. The molecule has 2 aromatic carbocycles. The molecule has 0 saturated heterocycles. The number of nitrogens with zero attached hydrogens (tertiary/aromatic N) is 4. The van der Waals surface area contributed by atoms with E-state index in [9.17, 15) is 0 Å². The van der Waals surface area contributed by atoms with E-state index in [4.69, 9.17) is 6.57 Å². The minimum absolute atomic E-state index is 0.0435. The summed E-state index contributed by atoms with van der Waals surface area (Å²) in [4.78, 5) is 8.08. The Bertz CT molecular complexity index is 976. The highest BCUT2D eigenvalue weighted by Crippen LogP contribution is 2.37. The van der Waals surface area contributed by atoms with Crippen molar-refractivity contribution in [1.82, 2.24) is 14.8 Å². The predicted octanol–water partition coefficient (Wildman–Crippen LogP) is 6.08. The van der Waals surface area contributed by atoms with Crippen molar-refractivity contribution in [2.24, 2.45) is 0 Å². The van der Waals surface area contributed by atoms with Crippen LogP contribution in [0.3, 0.4) is 0 Å². The minimum atomic E-state index is -0.0435. The van der Waals surface area contributed by atoms with Crippen LogP contribution in [0.1, 0.15) is 52.7 Å². The number of benzene rings is 2. The van der Waals surface area contributed by atoms with Gasteiger partial charge in [-0.05, 0) is 28.0 Å². The van der Waals surface area contributed by atoms with Crippen LogP contribution in [0, 0.1) is 6.57 Å². The first-order valence-corrected chi connectivity index (χ1v) is 9.15. The molecule has 4 heteroatoms. The van der Waals surface area contributed by atoms with E-state index in [-0.39, 0.29) is 10.8 Å². The molecule has 3 rings (SSSR count). The number of hydrogen-bond acceptors (Lipinski definition) is 2. The molecule has 0 spiro atoms. The quantitative estimate of drug-likeness (QED) is 0.520. The lowest BCUT2D eigenvalue weighted by Gasteiger charge is -2.30. The number of aromatic nitrogens is 3. The molecule has 0 N–H and O–H groups in total. The first kappa shape index (κ1) is 18.8. The third-order valence-electron chi connectivity index (χ3n) is 4.65. The van der Waals surface area contributed by atoms with Crippen LogP contribution in [0.25, 0.3) is 21.9 Å². The molecule has 0 atom stereocenters. The van der Waals surface area contributed by atoms with Gasteiger partial charge in [-0.3, -0.25) is 0 Å². The van der Waals surface area contributed by atoms with E-state index in [0.29, 0.717) is 5.69 Å². The Balaban J connectivity index is 2.33. The zero-order valence-electron chi connectivity index (χ0n) is 16.9. The molecule has 0 unspecified atom stereocenters. The molecule has 0 aliphatic carbocycles. The van der Waals surface area contributed by atoms with Gasteiger partial charge in [-0.2, -0.15) is 5.10 Å². The molecular weight excluding hydrogens is 332 g/mol. The summed E-state index contributed by atoms with van der Waals surface area (Å²) < 4.78 is 1.93. The first-order valence-electron chi connectivity index (χ1n) is 9.15. The Morgan fingerprint density at radius 1 is 0.889 bits per heavy atom. The fraction of sp³-hybridized carbons (Fsp3) is 0.348. The molecule has 0 saturated carbocycles. The topological polar surface area (TPSA) is 35.1 Å². The maximum atomic E-state index is 7.30. The Kier molecular flexibility index (Phi) is 4.65. The zero-order valence-corrected chi connectivity index (χ0v) is 16.9. The average molecular weight is 358 g/mol. The van der Waals surface area contributed by atoms with Gasteiger partial charge in [0.1, 0.15) is 6.33 Å². The predicted molar refractivity (Wildman–Crippen MR) is 110 cm³/mol. The van der Waals surface area contributed by atoms with E-state index < -0.39 is 0 Å². The standard InChI is InChI=1S/C23H26N4/c1-22(2,3)18-12-9-13-19(23(4,5)6)20(18)27-21(25-15-26-27)16-10-8-11-17(14-16)24-7/h8-15H,1-6H3. The summed E-state index contributed by atoms with van der Waals surface area (Å²) in [5.74, 6) is 0.753. The number of hydrogen-bond donors (Lipinski definition) is 0. The molecular formula is C23H26N4. The summed E-state index contributed by atoms with van der Waals surface area (Å²) in [6, 6.07) is 14.0. The smallest absolute Gasteiger partial charge is 0.187 e. The van der Waals surface area contributed by atoms with Crippen LogP contribution in [-0.4, -0.2) is 14.8 Å². The molecule has 1 aromatic heterocycles. The SMILES string of the molecule is [C-]#[N+]c1cccc(-c2ncnn2-c2c(C(C)(C)C)cccc2C(C)(C)C)c1. The van der Waals surface area contributed by atoms with Crippen LogP contribution < -0.4 is 0 Å². The largest absolute Gasteiger partial charge is 0.238 e. The number of para-hydroxylation sites is 1. The lowest BCUT2D eigenvalue weighted by atomic mass is 9.78. The van der Waals surface area contributed by atoms with Gasteiger partial charge in [0, 0.05) is 5.56 Å². The van der Waals surface area contributed by atoms with Crippen molar-refractivity contribution in [2.75, 3.05) is 0 Å².